The number of alkyl halides is 5. The predicted octanol–water partition coefficient (Wildman–Crippen LogP) is 6.13. The van der Waals surface area contributed by atoms with E-state index in [-0.39, 0.29) is 31.1 Å². The van der Waals surface area contributed by atoms with Gasteiger partial charge in [-0.2, -0.15) is 36.7 Å². The monoisotopic (exact) mass is 750 g/mol. The quantitative estimate of drug-likeness (QED) is 0.144. The number of carbonyl (C=O) groups excluding carboxylic acids is 6. The SMILES string of the molecule is CCOC(=O)C(F)(F)Br.CCOC(=O)C(F)(F)c1ccc(CC)cc1.CCc1ccc(I)cc1.O=C=O.O=C=O. The Morgan fingerprint density at radius 2 is 1.05 bits per heavy atom. The Morgan fingerprint density at radius 1 is 0.725 bits per heavy atom. The van der Waals surface area contributed by atoms with Crippen LogP contribution in [0.15, 0.2) is 48.5 Å². The van der Waals surface area contributed by atoms with Gasteiger partial charge in [-0.15, -0.1) is 0 Å². The minimum absolute atomic E-state index is 0.0416. The summed E-state index contributed by atoms with van der Waals surface area (Å²) in [5.41, 5.74) is 2.03. The van der Waals surface area contributed by atoms with Gasteiger partial charge in [0.05, 0.1) is 13.2 Å². The highest BCUT2D eigenvalue weighted by molar-refractivity contribution is 14.1. The van der Waals surface area contributed by atoms with Crippen LogP contribution in [-0.2, 0) is 57.0 Å². The summed E-state index contributed by atoms with van der Waals surface area (Å²) in [6.45, 7) is 6.95. The molecule has 14 heteroatoms. The molecule has 40 heavy (non-hydrogen) atoms. The molecule has 0 aromatic heterocycles. The molecule has 0 spiro atoms. The fourth-order valence-electron chi connectivity index (χ4n) is 2.22. The number of rotatable bonds is 7. The number of esters is 2. The minimum Gasteiger partial charge on any atom is -0.461 e. The standard InChI is InChI=1S/C12H14F2O2.C8H9I.C4H5BrF2O2.2CO2/c1-3-9-5-7-10(8-6-9)12(13,14)11(15)16-4-2;1-2-7-3-5-8(9)6-4-7;1-2-9-3(8)4(5,6)7;2*2-1-3/h5-8H,3-4H2,1-2H3;3-6H,2H2,1H3;2H2,1H3;;. The van der Waals surface area contributed by atoms with E-state index < -0.39 is 22.7 Å². The molecule has 0 N–H and O–H groups in total. The Hall–Kier alpha value is -2.93. The highest BCUT2D eigenvalue weighted by atomic mass is 127. The number of ether oxygens (including phenoxy) is 2. The summed E-state index contributed by atoms with van der Waals surface area (Å²) in [5.74, 6) is -6.62. The van der Waals surface area contributed by atoms with Crippen molar-refractivity contribution in [1.82, 2.24) is 0 Å². The molecule has 0 fully saturated rings. The van der Waals surface area contributed by atoms with E-state index in [0.717, 1.165) is 18.4 Å². The number of carbonyl (C=O) groups is 2. The van der Waals surface area contributed by atoms with Crippen LogP contribution in [0.3, 0.4) is 0 Å². The first kappa shape index (κ1) is 41.5. The molecular weight excluding hydrogens is 723 g/mol. The van der Waals surface area contributed by atoms with Crippen molar-refractivity contribution in [2.24, 2.45) is 0 Å². The zero-order valence-corrected chi connectivity index (χ0v) is 25.7. The zero-order chi connectivity index (χ0) is 31.8. The molecule has 0 atom stereocenters. The van der Waals surface area contributed by atoms with E-state index >= 15 is 0 Å². The van der Waals surface area contributed by atoms with Crippen LogP contribution in [0.1, 0.15) is 44.4 Å². The Bertz CT molecular complexity index is 1040. The average molecular weight is 751 g/mol. The number of hydrogen-bond acceptors (Lipinski definition) is 8. The predicted molar refractivity (Wildman–Crippen MR) is 145 cm³/mol. The maximum atomic E-state index is 13.5. The van der Waals surface area contributed by atoms with Gasteiger partial charge in [0.1, 0.15) is 0 Å². The average Bonchev–Trinajstić information content (AvgIpc) is 2.90. The lowest BCUT2D eigenvalue weighted by Crippen LogP contribution is -2.28. The van der Waals surface area contributed by atoms with Gasteiger partial charge in [0, 0.05) is 25.1 Å². The van der Waals surface area contributed by atoms with Crippen molar-refractivity contribution in [3.05, 3.63) is 68.8 Å². The summed E-state index contributed by atoms with van der Waals surface area (Å²) in [5, 5.41) is 0. The first-order valence-electron chi connectivity index (χ1n) is 11.3. The maximum Gasteiger partial charge on any atom is 0.395 e. The first-order valence-corrected chi connectivity index (χ1v) is 13.1. The maximum absolute atomic E-state index is 13.5. The van der Waals surface area contributed by atoms with Crippen LogP contribution in [-0.4, -0.2) is 42.3 Å². The van der Waals surface area contributed by atoms with E-state index in [1.54, 1.807) is 12.1 Å². The fourth-order valence-corrected chi connectivity index (χ4v) is 2.70. The molecule has 0 aliphatic heterocycles. The zero-order valence-electron chi connectivity index (χ0n) is 22.0. The van der Waals surface area contributed by atoms with Gasteiger partial charge in [-0.3, -0.25) is 0 Å². The van der Waals surface area contributed by atoms with E-state index in [1.807, 2.05) is 22.9 Å². The topological polar surface area (TPSA) is 121 Å². The normalized spacial score (nSPS) is 9.55. The summed E-state index contributed by atoms with van der Waals surface area (Å²) in [6.07, 6.45) is 2.40. The number of hydrogen-bond donors (Lipinski definition) is 0. The molecular formula is C26H28BrF4IO8. The number of benzene rings is 2. The second-order valence-corrected chi connectivity index (χ2v) is 8.95. The number of aryl methyl sites for hydroxylation is 2. The van der Waals surface area contributed by atoms with Crippen molar-refractivity contribution in [1.29, 1.82) is 0 Å². The molecule has 0 radical (unpaired) electrons. The summed E-state index contributed by atoms with van der Waals surface area (Å²) in [7, 11) is 0. The largest absolute Gasteiger partial charge is 0.461 e. The lowest BCUT2D eigenvalue weighted by Gasteiger charge is -2.15. The summed E-state index contributed by atoms with van der Waals surface area (Å²) in [4.78, 5) is 50.1. The van der Waals surface area contributed by atoms with Crippen LogP contribution >= 0.6 is 38.5 Å². The Kier molecular flexibility index (Phi) is 24.8. The van der Waals surface area contributed by atoms with Gasteiger partial charge in [-0.25, -0.2) is 9.59 Å². The van der Waals surface area contributed by atoms with E-state index in [0.29, 0.717) is 0 Å². The molecule has 0 saturated carbocycles. The van der Waals surface area contributed by atoms with E-state index in [1.165, 1.54) is 35.1 Å². The molecule has 0 aliphatic rings. The Labute approximate surface area is 251 Å². The third-order valence-electron chi connectivity index (χ3n) is 4.08. The van der Waals surface area contributed by atoms with Crippen molar-refractivity contribution in [2.45, 2.75) is 51.3 Å². The molecule has 0 aliphatic carbocycles. The highest BCUT2D eigenvalue weighted by Gasteiger charge is 2.42. The second-order valence-electron chi connectivity index (χ2n) is 6.71. The molecule has 0 saturated heterocycles. The Balaban J connectivity index is -0.000000490. The van der Waals surface area contributed by atoms with Crippen molar-refractivity contribution in [2.75, 3.05) is 13.2 Å². The summed E-state index contributed by atoms with van der Waals surface area (Å²) >= 11 is 4.15. The van der Waals surface area contributed by atoms with Crippen LogP contribution in [0.2, 0.25) is 0 Å². The van der Waals surface area contributed by atoms with E-state index in [9.17, 15) is 27.2 Å². The lowest BCUT2D eigenvalue weighted by atomic mass is 10.1. The van der Waals surface area contributed by atoms with Gasteiger partial charge in [0.25, 0.3) is 0 Å². The van der Waals surface area contributed by atoms with Crippen molar-refractivity contribution >= 4 is 62.8 Å². The highest BCUT2D eigenvalue weighted by Crippen LogP contribution is 2.29. The van der Waals surface area contributed by atoms with Gasteiger partial charge < -0.3 is 9.47 Å². The molecule has 8 nitrogen and oxygen atoms in total. The third kappa shape index (κ3) is 20.0. The molecule has 2 aromatic carbocycles. The third-order valence-corrected chi connectivity index (χ3v) is 5.13. The Morgan fingerprint density at radius 3 is 1.32 bits per heavy atom. The molecule has 2 aromatic rings. The van der Waals surface area contributed by atoms with Crippen molar-refractivity contribution < 1.29 is 55.8 Å². The minimum atomic E-state index is -3.57. The fraction of sp³-hybridized carbons (Fsp3) is 0.385. The lowest BCUT2D eigenvalue weighted by molar-refractivity contribution is -0.193. The molecule has 0 amide bonds. The van der Waals surface area contributed by atoms with Gasteiger partial charge in [0.15, 0.2) is 0 Å². The van der Waals surface area contributed by atoms with E-state index in [2.05, 4.69) is 63.3 Å². The molecule has 0 heterocycles. The molecule has 0 unspecified atom stereocenters. The van der Waals surface area contributed by atoms with Gasteiger partial charge >= 0.3 is 35.0 Å². The summed E-state index contributed by atoms with van der Waals surface area (Å²) < 4.78 is 60.1. The molecule has 0 bridgehead atoms. The van der Waals surface area contributed by atoms with Gasteiger partial charge in [-0.05, 0) is 72.5 Å². The van der Waals surface area contributed by atoms with Crippen LogP contribution in [0.25, 0.3) is 0 Å². The second kappa shape index (κ2) is 23.9. The van der Waals surface area contributed by atoms with E-state index in [4.69, 9.17) is 19.2 Å². The smallest absolute Gasteiger partial charge is 0.395 e. The van der Waals surface area contributed by atoms with Crippen LogP contribution in [0.5, 0.6) is 0 Å². The molecule has 222 valence electrons. The van der Waals surface area contributed by atoms with Gasteiger partial charge in [-0.1, -0.05) is 50.2 Å². The first-order chi connectivity index (χ1) is 18.7. The van der Waals surface area contributed by atoms with Crippen LogP contribution < -0.4 is 0 Å². The summed E-state index contributed by atoms with van der Waals surface area (Å²) in [6, 6.07) is 14.3. The van der Waals surface area contributed by atoms with Gasteiger partial charge in [0.2, 0.25) is 0 Å². The van der Waals surface area contributed by atoms with Crippen LogP contribution in [0.4, 0.5) is 17.6 Å². The van der Waals surface area contributed by atoms with Crippen molar-refractivity contribution in [3.63, 3.8) is 0 Å². The van der Waals surface area contributed by atoms with Crippen LogP contribution in [0, 0.1) is 3.57 Å². The van der Waals surface area contributed by atoms with Crippen molar-refractivity contribution in [3.8, 4) is 0 Å². The number of halogens is 6. The molecule has 2 rings (SSSR count).